The van der Waals surface area contributed by atoms with E-state index in [4.69, 9.17) is 0 Å². The van der Waals surface area contributed by atoms with Crippen molar-refractivity contribution in [3.8, 4) is 6.07 Å². The van der Waals surface area contributed by atoms with E-state index in [1.54, 1.807) is 0 Å². The largest absolute Gasteiger partial charge is 0.393 e. The number of hydrogen-bond donors (Lipinski definition) is 2. The molecule has 3 fully saturated rings. The van der Waals surface area contributed by atoms with Crippen molar-refractivity contribution in [1.82, 2.24) is 0 Å². The first-order valence-electron chi connectivity index (χ1n) is 9.81. The summed E-state index contributed by atoms with van der Waals surface area (Å²) in [5.74, 6) is 1.86. The number of hydrogen-bond acceptors (Lipinski definition) is 3. The summed E-state index contributed by atoms with van der Waals surface area (Å²) >= 11 is 0. The molecule has 3 nitrogen and oxygen atoms in total. The molecule has 0 unspecified atom stereocenters. The van der Waals surface area contributed by atoms with E-state index < -0.39 is 5.60 Å². The summed E-state index contributed by atoms with van der Waals surface area (Å²) in [5.41, 5.74) is 0.862. The second kappa shape index (κ2) is 5.32. The van der Waals surface area contributed by atoms with Crippen LogP contribution in [0.4, 0.5) is 0 Å². The van der Waals surface area contributed by atoms with Gasteiger partial charge in [0, 0.05) is 5.41 Å². The number of nitriles is 1. The van der Waals surface area contributed by atoms with Crippen LogP contribution >= 0.6 is 0 Å². The lowest BCUT2D eigenvalue weighted by atomic mass is 9.47. The molecular formula is C21H31NO2. The summed E-state index contributed by atoms with van der Waals surface area (Å²) in [6.45, 7) is 4.69. The van der Waals surface area contributed by atoms with Crippen molar-refractivity contribution in [2.45, 2.75) is 83.3 Å². The maximum absolute atomic E-state index is 11.2. The smallest absolute Gasteiger partial charge is 0.0833 e. The first-order valence-corrected chi connectivity index (χ1v) is 9.81. The van der Waals surface area contributed by atoms with Gasteiger partial charge in [-0.25, -0.2) is 0 Å². The minimum atomic E-state index is -0.787. The van der Waals surface area contributed by atoms with Gasteiger partial charge in [0.1, 0.15) is 0 Å². The number of rotatable bonds is 1. The summed E-state index contributed by atoms with van der Waals surface area (Å²) < 4.78 is 0. The van der Waals surface area contributed by atoms with Crippen molar-refractivity contribution < 1.29 is 10.2 Å². The van der Waals surface area contributed by atoms with Crippen LogP contribution in [0.15, 0.2) is 11.6 Å². The molecule has 0 radical (unpaired) electrons. The Bertz CT molecular complexity index is 607. The van der Waals surface area contributed by atoms with Crippen LogP contribution in [-0.2, 0) is 0 Å². The van der Waals surface area contributed by atoms with Gasteiger partial charge >= 0.3 is 0 Å². The summed E-state index contributed by atoms with van der Waals surface area (Å²) in [6, 6.07) is 2.25. The van der Waals surface area contributed by atoms with Crippen LogP contribution in [0.5, 0.6) is 0 Å². The van der Waals surface area contributed by atoms with Crippen molar-refractivity contribution in [2.24, 2.45) is 28.6 Å². The van der Waals surface area contributed by atoms with Gasteiger partial charge in [-0.2, -0.15) is 5.26 Å². The average Bonchev–Trinajstić information content (AvgIpc) is 2.80. The predicted octanol–water partition coefficient (Wildman–Crippen LogP) is 3.95. The minimum absolute atomic E-state index is 0.0974. The molecule has 7 atom stereocenters. The molecule has 0 heterocycles. The third-order valence-electron chi connectivity index (χ3n) is 8.77. The number of allylic oxidation sites excluding steroid dienone is 1. The van der Waals surface area contributed by atoms with Crippen molar-refractivity contribution in [1.29, 1.82) is 5.26 Å². The molecule has 0 amide bonds. The van der Waals surface area contributed by atoms with E-state index in [-0.39, 0.29) is 23.4 Å². The standard InChI is InChI=1S/C21H31NO2/c1-19-8-5-15(23)13-14(19)3-4-16-17(19)6-9-20(2)18(16)7-10-21(20,24)11-12-22/h3,15-18,23-24H,4-11,13H2,1-2H3/t15-,16-,17+,18-,19-,20-,21+/m1/s1. The van der Waals surface area contributed by atoms with Gasteiger partial charge in [0.2, 0.25) is 0 Å². The van der Waals surface area contributed by atoms with E-state index in [9.17, 15) is 15.5 Å². The SMILES string of the molecule is C[C@@]12CC[C@@H](O)CC1=CC[C@H]1[C@H]3CC[C@](O)(CC#N)[C@]3(C)CC[C@@H]12. The normalized spacial score (nSPS) is 53.4. The average molecular weight is 329 g/mol. The quantitative estimate of drug-likeness (QED) is 0.716. The van der Waals surface area contributed by atoms with Crippen LogP contribution in [-0.4, -0.2) is 21.9 Å². The van der Waals surface area contributed by atoms with Crippen molar-refractivity contribution in [3.05, 3.63) is 11.6 Å². The van der Waals surface area contributed by atoms with Crippen LogP contribution in [0.1, 0.15) is 71.6 Å². The predicted molar refractivity (Wildman–Crippen MR) is 92.9 cm³/mol. The van der Waals surface area contributed by atoms with Crippen molar-refractivity contribution in [3.63, 3.8) is 0 Å². The summed E-state index contributed by atoms with van der Waals surface area (Å²) in [5, 5.41) is 30.5. The third-order valence-corrected chi connectivity index (χ3v) is 8.77. The van der Waals surface area contributed by atoms with E-state index in [2.05, 4.69) is 26.0 Å². The second-order valence-electron chi connectivity index (χ2n) is 9.52. The summed E-state index contributed by atoms with van der Waals surface area (Å²) in [7, 11) is 0. The molecule has 0 aliphatic heterocycles. The first kappa shape index (κ1) is 16.6. The molecule has 2 N–H and O–H groups in total. The molecule has 3 heteroatoms. The van der Waals surface area contributed by atoms with Crippen LogP contribution < -0.4 is 0 Å². The van der Waals surface area contributed by atoms with Crippen LogP contribution in [0.25, 0.3) is 0 Å². The van der Waals surface area contributed by atoms with Gasteiger partial charge in [-0.1, -0.05) is 25.5 Å². The fraction of sp³-hybridized carbons (Fsp3) is 0.857. The highest BCUT2D eigenvalue weighted by Gasteiger charge is 2.63. The Morgan fingerprint density at radius 2 is 1.92 bits per heavy atom. The van der Waals surface area contributed by atoms with Crippen molar-refractivity contribution >= 4 is 0 Å². The van der Waals surface area contributed by atoms with E-state index >= 15 is 0 Å². The maximum atomic E-state index is 11.2. The van der Waals surface area contributed by atoms with Gasteiger partial charge in [-0.05, 0) is 74.5 Å². The summed E-state index contributed by atoms with van der Waals surface area (Å²) in [6.07, 6.45) is 10.6. The Kier molecular flexibility index (Phi) is 3.68. The Hall–Kier alpha value is -0.850. The molecule has 24 heavy (non-hydrogen) atoms. The van der Waals surface area contributed by atoms with Gasteiger partial charge in [-0.3, -0.25) is 0 Å². The molecule has 4 rings (SSSR count). The topological polar surface area (TPSA) is 64.2 Å². The first-order chi connectivity index (χ1) is 11.3. The van der Waals surface area contributed by atoms with Gasteiger partial charge < -0.3 is 10.2 Å². The minimum Gasteiger partial charge on any atom is -0.393 e. The lowest BCUT2D eigenvalue weighted by Gasteiger charge is -2.58. The van der Waals surface area contributed by atoms with Crippen LogP contribution in [0.3, 0.4) is 0 Å². The highest BCUT2D eigenvalue weighted by Crippen LogP contribution is 2.67. The molecule has 132 valence electrons. The number of nitrogens with zero attached hydrogens (tertiary/aromatic N) is 1. The van der Waals surface area contributed by atoms with E-state index in [0.717, 1.165) is 51.4 Å². The number of aliphatic hydroxyl groups excluding tert-OH is 1. The van der Waals surface area contributed by atoms with E-state index in [0.29, 0.717) is 17.8 Å². The second-order valence-corrected chi connectivity index (χ2v) is 9.52. The molecule has 3 saturated carbocycles. The molecular weight excluding hydrogens is 298 g/mol. The van der Waals surface area contributed by atoms with Gasteiger partial charge in [0.05, 0.1) is 24.2 Å². The lowest BCUT2D eigenvalue weighted by molar-refractivity contribution is -0.122. The lowest BCUT2D eigenvalue weighted by Crippen LogP contribution is -2.54. The van der Waals surface area contributed by atoms with E-state index in [1.165, 1.54) is 5.57 Å². The van der Waals surface area contributed by atoms with Gasteiger partial charge in [0.15, 0.2) is 0 Å². The van der Waals surface area contributed by atoms with Crippen LogP contribution in [0, 0.1) is 39.9 Å². The van der Waals surface area contributed by atoms with Crippen LogP contribution in [0.2, 0.25) is 0 Å². The van der Waals surface area contributed by atoms with Gasteiger partial charge in [0.25, 0.3) is 0 Å². The zero-order valence-electron chi connectivity index (χ0n) is 15.1. The third kappa shape index (κ3) is 2.02. The molecule has 0 saturated heterocycles. The maximum Gasteiger partial charge on any atom is 0.0833 e. The van der Waals surface area contributed by atoms with Gasteiger partial charge in [-0.15, -0.1) is 0 Å². The molecule has 0 bridgehead atoms. The van der Waals surface area contributed by atoms with E-state index in [1.807, 2.05) is 0 Å². The Morgan fingerprint density at radius 1 is 1.17 bits per heavy atom. The Morgan fingerprint density at radius 3 is 2.67 bits per heavy atom. The fourth-order valence-electron chi connectivity index (χ4n) is 7.17. The zero-order valence-corrected chi connectivity index (χ0v) is 15.1. The highest BCUT2D eigenvalue weighted by molar-refractivity contribution is 5.26. The molecule has 4 aliphatic carbocycles. The fourth-order valence-corrected chi connectivity index (χ4v) is 7.17. The Labute approximate surface area is 145 Å². The Balaban J connectivity index is 1.67. The monoisotopic (exact) mass is 329 g/mol. The summed E-state index contributed by atoms with van der Waals surface area (Å²) in [4.78, 5) is 0. The molecule has 0 aromatic heterocycles. The molecule has 0 aromatic carbocycles. The molecule has 0 spiro atoms. The number of aliphatic hydroxyl groups is 2. The highest BCUT2D eigenvalue weighted by atomic mass is 16.3. The zero-order chi connectivity index (χ0) is 17.2. The number of fused-ring (bicyclic) bond motifs is 5. The molecule has 0 aromatic rings. The van der Waals surface area contributed by atoms with Crippen molar-refractivity contribution in [2.75, 3.05) is 0 Å². The molecule has 4 aliphatic rings.